The van der Waals surface area contributed by atoms with Crippen molar-refractivity contribution in [3.8, 4) is 0 Å². The molecule has 0 aromatic carbocycles. The summed E-state index contributed by atoms with van der Waals surface area (Å²) in [7, 11) is 0. The molecule has 14 heavy (non-hydrogen) atoms. The largest absolute Gasteiger partial charge is 0.236 e. The normalized spacial score (nSPS) is 12.2. The molecule has 0 rings (SSSR count). The van der Waals surface area contributed by atoms with Crippen molar-refractivity contribution in [2.75, 3.05) is 6.61 Å². The Morgan fingerprint density at radius 3 is 2.57 bits per heavy atom. The van der Waals surface area contributed by atoms with E-state index in [1.807, 2.05) is 19.9 Å². The van der Waals surface area contributed by atoms with Gasteiger partial charge in [-0.1, -0.05) is 25.2 Å². The molecule has 0 amide bonds. The van der Waals surface area contributed by atoms with Crippen LogP contribution in [0.3, 0.4) is 0 Å². The molecule has 0 saturated carbocycles. The van der Waals surface area contributed by atoms with Crippen LogP contribution in [0.4, 0.5) is 0 Å². The number of allylic oxidation sites excluding steroid dienone is 1. The predicted octanol–water partition coefficient (Wildman–Crippen LogP) is 3.65. The lowest BCUT2D eigenvalue weighted by atomic mass is 10.1. The van der Waals surface area contributed by atoms with Crippen LogP contribution in [0.25, 0.3) is 0 Å². The van der Waals surface area contributed by atoms with E-state index < -0.39 is 0 Å². The van der Waals surface area contributed by atoms with Crippen LogP contribution < -0.4 is 0 Å². The molecular weight excluding hydrogens is 176 g/mol. The maximum Gasteiger partial charge on any atom is 0.101 e. The van der Waals surface area contributed by atoms with Crippen molar-refractivity contribution in [1.82, 2.24) is 0 Å². The first-order valence-electron chi connectivity index (χ1n) is 5.19. The molecule has 0 aromatic rings. The summed E-state index contributed by atoms with van der Waals surface area (Å²) in [5.74, 6) is 0. The maximum atomic E-state index is 5.24. The summed E-state index contributed by atoms with van der Waals surface area (Å²) in [6, 6.07) is 0. The van der Waals surface area contributed by atoms with E-state index in [2.05, 4.69) is 25.7 Å². The minimum Gasteiger partial charge on any atom is -0.236 e. The van der Waals surface area contributed by atoms with Gasteiger partial charge in [0.1, 0.15) is 5.60 Å². The van der Waals surface area contributed by atoms with Crippen molar-refractivity contribution < 1.29 is 9.78 Å². The quantitative estimate of drug-likeness (QED) is 0.256. The highest BCUT2D eigenvalue weighted by Gasteiger charge is 2.17. The fourth-order valence-electron chi connectivity index (χ4n) is 0.983. The lowest BCUT2D eigenvalue weighted by Gasteiger charge is -2.21. The Hall–Kier alpha value is -0.600. The van der Waals surface area contributed by atoms with Crippen LogP contribution in [0.15, 0.2) is 24.8 Å². The van der Waals surface area contributed by atoms with Crippen molar-refractivity contribution in [3.63, 3.8) is 0 Å². The second-order valence-electron chi connectivity index (χ2n) is 3.83. The Bertz CT molecular complexity index is 171. The van der Waals surface area contributed by atoms with E-state index in [0.29, 0.717) is 6.61 Å². The van der Waals surface area contributed by atoms with Crippen LogP contribution in [0, 0.1) is 0 Å². The lowest BCUT2D eigenvalue weighted by molar-refractivity contribution is -0.351. The second-order valence-corrected chi connectivity index (χ2v) is 3.83. The molecule has 0 aliphatic carbocycles. The molecule has 0 aromatic heterocycles. The highest BCUT2D eigenvalue weighted by Crippen LogP contribution is 2.14. The molecule has 0 radical (unpaired) electrons. The fourth-order valence-corrected chi connectivity index (χ4v) is 0.983. The number of rotatable bonds is 8. The minimum atomic E-state index is -0.268. The molecule has 2 nitrogen and oxygen atoms in total. The van der Waals surface area contributed by atoms with Crippen LogP contribution in [-0.2, 0) is 9.78 Å². The monoisotopic (exact) mass is 198 g/mol. The average molecular weight is 198 g/mol. The van der Waals surface area contributed by atoms with Gasteiger partial charge < -0.3 is 0 Å². The summed E-state index contributed by atoms with van der Waals surface area (Å²) in [6.07, 6.45) is 8.82. The Morgan fingerprint density at radius 2 is 2.00 bits per heavy atom. The van der Waals surface area contributed by atoms with Crippen molar-refractivity contribution in [1.29, 1.82) is 0 Å². The van der Waals surface area contributed by atoms with Crippen LogP contribution in [-0.4, -0.2) is 12.2 Å². The molecule has 0 fully saturated rings. The highest BCUT2D eigenvalue weighted by molar-refractivity contribution is 4.80. The zero-order valence-electron chi connectivity index (χ0n) is 9.58. The summed E-state index contributed by atoms with van der Waals surface area (Å²) in [4.78, 5) is 10.3. The van der Waals surface area contributed by atoms with Crippen molar-refractivity contribution in [2.45, 2.75) is 45.6 Å². The van der Waals surface area contributed by atoms with Crippen LogP contribution in [0.1, 0.15) is 40.0 Å². The van der Waals surface area contributed by atoms with Crippen molar-refractivity contribution in [2.24, 2.45) is 0 Å². The first-order chi connectivity index (χ1) is 6.62. The lowest BCUT2D eigenvalue weighted by Crippen LogP contribution is -2.23. The molecule has 0 saturated heterocycles. The van der Waals surface area contributed by atoms with Gasteiger partial charge >= 0.3 is 0 Å². The van der Waals surface area contributed by atoms with Crippen molar-refractivity contribution in [3.05, 3.63) is 24.8 Å². The molecule has 0 heterocycles. The summed E-state index contributed by atoms with van der Waals surface area (Å²) in [5.41, 5.74) is -0.268. The van der Waals surface area contributed by atoms with Gasteiger partial charge in [-0.3, -0.25) is 0 Å². The third-order valence-corrected chi connectivity index (χ3v) is 1.69. The number of hydrogen-bond donors (Lipinski definition) is 0. The molecule has 0 bridgehead atoms. The van der Waals surface area contributed by atoms with Crippen molar-refractivity contribution >= 4 is 0 Å². The molecule has 82 valence electrons. The third-order valence-electron chi connectivity index (χ3n) is 1.69. The van der Waals surface area contributed by atoms with E-state index in [9.17, 15) is 0 Å². The fraction of sp³-hybridized carbons (Fsp3) is 0.667. The maximum absolute atomic E-state index is 5.24. The van der Waals surface area contributed by atoms with E-state index in [1.165, 1.54) is 0 Å². The predicted molar refractivity (Wildman–Crippen MR) is 60.0 cm³/mol. The summed E-state index contributed by atoms with van der Waals surface area (Å²) in [5, 5.41) is 0. The standard InChI is InChI=1S/C12H22O2/c1-5-7-8-9-11-13-14-12(3,4)10-6-2/h6-8H,2,5,9-11H2,1,3-4H3/b8-7+. The molecule has 0 spiro atoms. The zero-order valence-corrected chi connectivity index (χ0v) is 9.58. The molecular formula is C12H22O2. The summed E-state index contributed by atoms with van der Waals surface area (Å²) < 4.78 is 0. The van der Waals surface area contributed by atoms with Gasteiger partial charge in [0.15, 0.2) is 0 Å². The average Bonchev–Trinajstić information content (AvgIpc) is 2.11. The third kappa shape index (κ3) is 8.02. The number of hydrogen-bond acceptors (Lipinski definition) is 2. The van der Waals surface area contributed by atoms with Crippen LogP contribution in [0.5, 0.6) is 0 Å². The van der Waals surface area contributed by atoms with Gasteiger partial charge in [-0.2, -0.15) is 0 Å². The van der Waals surface area contributed by atoms with E-state index in [0.717, 1.165) is 19.3 Å². The van der Waals surface area contributed by atoms with Gasteiger partial charge in [-0.25, -0.2) is 9.78 Å². The molecule has 0 N–H and O–H groups in total. The Labute approximate surface area is 87.5 Å². The summed E-state index contributed by atoms with van der Waals surface area (Å²) >= 11 is 0. The van der Waals surface area contributed by atoms with E-state index in [-0.39, 0.29) is 5.60 Å². The molecule has 0 unspecified atom stereocenters. The smallest absolute Gasteiger partial charge is 0.101 e. The van der Waals surface area contributed by atoms with Crippen LogP contribution in [0.2, 0.25) is 0 Å². The molecule has 0 aliphatic rings. The van der Waals surface area contributed by atoms with Crippen LogP contribution >= 0.6 is 0 Å². The van der Waals surface area contributed by atoms with Gasteiger partial charge in [0.25, 0.3) is 0 Å². The van der Waals surface area contributed by atoms with Gasteiger partial charge in [0, 0.05) is 0 Å². The summed E-state index contributed by atoms with van der Waals surface area (Å²) in [6.45, 7) is 10.4. The zero-order chi connectivity index (χ0) is 10.9. The first-order valence-corrected chi connectivity index (χ1v) is 5.19. The Morgan fingerprint density at radius 1 is 1.29 bits per heavy atom. The molecule has 0 atom stereocenters. The molecule has 0 aliphatic heterocycles. The topological polar surface area (TPSA) is 18.5 Å². The Kier molecular flexibility index (Phi) is 7.44. The van der Waals surface area contributed by atoms with E-state index >= 15 is 0 Å². The Balaban J connectivity index is 3.43. The second kappa shape index (κ2) is 7.77. The van der Waals surface area contributed by atoms with Gasteiger partial charge in [-0.15, -0.1) is 6.58 Å². The molecule has 2 heteroatoms. The van der Waals surface area contributed by atoms with E-state index in [1.54, 1.807) is 0 Å². The highest BCUT2D eigenvalue weighted by atomic mass is 17.2. The first kappa shape index (κ1) is 13.4. The van der Waals surface area contributed by atoms with Gasteiger partial charge in [-0.05, 0) is 33.1 Å². The van der Waals surface area contributed by atoms with E-state index in [4.69, 9.17) is 9.78 Å². The minimum absolute atomic E-state index is 0.268. The SMILES string of the molecule is C=CCC(C)(C)OOCC/C=C/CC. The van der Waals surface area contributed by atoms with Gasteiger partial charge in [0.05, 0.1) is 6.61 Å². The van der Waals surface area contributed by atoms with Gasteiger partial charge in [0.2, 0.25) is 0 Å².